The van der Waals surface area contributed by atoms with E-state index in [2.05, 4.69) is 43.7 Å². The van der Waals surface area contributed by atoms with Crippen LogP contribution in [0.15, 0.2) is 61.1 Å². The third kappa shape index (κ3) is 4.91. The standard InChI is InChI=1S/C30H32N6O/c1-31-29(37)24-15-23(17-32-18-24)27-6-4-5-22-19-33-30(35-28(22)27)34-25-10-7-20-8-11-26(12-9-21(20)16-25)36-13-2-3-14-36/h4-7,10,15-19,26H,2-3,8-9,11-14H2,1H3,(H,31,37)(H,33,34,35)/t26-/m0/s1. The summed E-state index contributed by atoms with van der Waals surface area (Å²) in [7, 11) is 1.62. The molecule has 2 aromatic carbocycles. The molecule has 1 aliphatic carbocycles. The Morgan fingerprint density at radius 3 is 2.65 bits per heavy atom. The van der Waals surface area contributed by atoms with Crippen LogP contribution in [0.3, 0.4) is 0 Å². The smallest absolute Gasteiger partial charge is 0.252 e. The van der Waals surface area contributed by atoms with E-state index in [9.17, 15) is 4.79 Å². The first-order valence-electron chi connectivity index (χ1n) is 13.2. The highest BCUT2D eigenvalue weighted by Crippen LogP contribution is 2.30. The van der Waals surface area contributed by atoms with Crippen molar-refractivity contribution in [3.05, 3.63) is 77.7 Å². The van der Waals surface area contributed by atoms with E-state index in [1.54, 1.807) is 19.4 Å². The van der Waals surface area contributed by atoms with Gasteiger partial charge in [0.1, 0.15) is 0 Å². The molecule has 1 atom stereocenters. The van der Waals surface area contributed by atoms with Crippen molar-refractivity contribution in [1.82, 2.24) is 25.2 Å². The first-order chi connectivity index (χ1) is 18.2. The molecule has 0 saturated carbocycles. The Balaban J connectivity index is 1.26. The van der Waals surface area contributed by atoms with Gasteiger partial charge in [-0.15, -0.1) is 0 Å². The van der Waals surface area contributed by atoms with Crippen LogP contribution in [-0.4, -0.2) is 51.9 Å². The fourth-order valence-electron chi connectivity index (χ4n) is 5.77. The van der Waals surface area contributed by atoms with Crippen LogP contribution in [0.2, 0.25) is 0 Å². The highest BCUT2D eigenvalue weighted by atomic mass is 16.1. The number of carbonyl (C=O) groups excluding carboxylic acids is 1. The molecular weight excluding hydrogens is 460 g/mol. The van der Waals surface area contributed by atoms with Crippen molar-refractivity contribution in [1.29, 1.82) is 0 Å². The topological polar surface area (TPSA) is 83.0 Å². The van der Waals surface area contributed by atoms with Crippen LogP contribution in [0.25, 0.3) is 22.0 Å². The van der Waals surface area contributed by atoms with Gasteiger partial charge in [0.05, 0.1) is 11.1 Å². The number of anilines is 2. The number of para-hydroxylation sites is 1. The number of carbonyl (C=O) groups is 1. The summed E-state index contributed by atoms with van der Waals surface area (Å²) in [6, 6.07) is 15.2. The van der Waals surface area contributed by atoms with Gasteiger partial charge in [-0.3, -0.25) is 9.78 Å². The zero-order valence-electron chi connectivity index (χ0n) is 21.2. The third-order valence-electron chi connectivity index (χ3n) is 7.76. The van der Waals surface area contributed by atoms with Gasteiger partial charge in [-0.05, 0) is 80.9 Å². The summed E-state index contributed by atoms with van der Waals surface area (Å²) in [5.74, 6) is 0.389. The van der Waals surface area contributed by atoms with E-state index in [0.717, 1.165) is 40.6 Å². The van der Waals surface area contributed by atoms with Gasteiger partial charge in [0.2, 0.25) is 5.95 Å². The lowest BCUT2D eigenvalue weighted by Gasteiger charge is -2.25. The van der Waals surface area contributed by atoms with Crippen LogP contribution >= 0.6 is 0 Å². The van der Waals surface area contributed by atoms with Gasteiger partial charge in [-0.1, -0.05) is 24.3 Å². The quantitative estimate of drug-likeness (QED) is 0.376. The maximum atomic E-state index is 12.1. The SMILES string of the molecule is CNC(=O)c1cncc(-c2cccc3cnc(Nc4ccc5c(c4)CC[C@@H](N4CCCC4)CC5)nc23)c1. The molecule has 6 rings (SSSR count). The third-order valence-corrected chi connectivity index (χ3v) is 7.76. The minimum absolute atomic E-state index is 0.165. The highest BCUT2D eigenvalue weighted by molar-refractivity contribution is 5.98. The molecule has 7 nitrogen and oxygen atoms in total. The molecule has 1 amide bonds. The summed E-state index contributed by atoms with van der Waals surface area (Å²) in [5.41, 5.74) is 7.01. The minimum Gasteiger partial charge on any atom is -0.355 e. The van der Waals surface area contributed by atoms with Gasteiger partial charge < -0.3 is 15.5 Å². The number of aromatic nitrogens is 3. The molecule has 2 aliphatic rings. The molecule has 0 unspecified atom stereocenters. The van der Waals surface area contributed by atoms with Gasteiger partial charge in [0, 0.05) is 53.9 Å². The molecule has 2 aromatic heterocycles. The van der Waals surface area contributed by atoms with Crippen molar-refractivity contribution >= 4 is 28.4 Å². The fourth-order valence-corrected chi connectivity index (χ4v) is 5.77. The number of amides is 1. The van der Waals surface area contributed by atoms with Gasteiger partial charge in [0.15, 0.2) is 0 Å². The normalized spacial score (nSPS) is 17.8. The second-order valence-corrected chi connectivity index (χ2v) is 10.1. The Kier molecular flexibility index (Phi) is 6.53. The number of nitrogens with zero attached hydrogens (tertiary/aromatic N) is 4. The molecule has 188 valence electrons. The largest absolute Gasteiger partial charge is 0.355 e. The second-order valence-electron chi connectivity index (χ2n) is 10.1. The molecule has 2 N–H and O–H groups in total. The molecule has 0 radical (unpaired) electrons. The molecule has 0 bridgehead atoms. The number of hydrogen-bond acceptors (Lipinski definition) is 6. The van der Waals surface area contributed by atoms with Crippen LogP contribution in [0.1, 0.15) is 47.2 Å². The number of fused-ring (bicyclic) bond motifs is 2. The van der Waals surface area contributed by atoms with Gasteiger partial charge in [0.25, 0.3) is 5.91 Å². The summed E-state index contributed by atoms with van der Waals surface area (Å²) < 4.78 is 0. The van der Waals surface area contributed by atoms with E-state index >= 15 is 0 Å². The molecule has 1 aliphatic heterocycles. The maximum absolute atomic E-state index is 12.1. The van der Waals surface area contributed by atoms with E-state index in [1.807, 2.05) is 30.5 Å². The Morgan fingerprint density at radius 2 is 1.81 bits per heavy atom. The molecule has 3 heterocycles. The fraction of sp³-hybridized carbons (Fsp3) is 0.333. The predicted octanol–water partition coefficient (Wildman–Crippen LogP) is 5.14. The molecule has 37 heavy (non-hydrogen) atoms. The van der Waals surface area contributed by atoms with Crippen LogP contribution < -0.4 is 10.6 Å². The van der Waals surface area contributed by atoms with Crippen molar-refractivity contribution in [2.24, 2.45) is 0 Å². The van der Waals surface area contributed by atoms with Crippen molar-refractivity contribution in [2.45, 2.75) is 44.6 Å². The Hall–Kier alpha value is -3.84. The van der Waals surface area contributed by atoms with Crippen LogP contribution in [-0.2, 0) is 12.8 Å². The molecule has 0 spiro atoms. The highest BCUT2D eigenvalue weighted by Gasteiger charge is 2.24. The van der Waals surface area contributed by atoms with Crippen molar-refractivity contribution in [2.75, 3.05) is 25.5 Å². The number of rotatable bonds is 5. The summed E-state index contributed by atoms with van der Waals surface area (Å²) in [4.78, 5) is 28.6. The van der Waals surface area contributed by atoms with E-state index < -0.39 is 0 Å². The first-order valence-corrected chi connectivity index (χ1v) is 13.2. The molecule has 1 fully saturated rings. The van der Waals surface area contributed by atoms with Gasteiger partial charge >= 0.3 is 0 Å². The zero-order chi connectivity index (χ0) is 25.2. The molecular formula is C30H32N6O. The summed E-state index contributed by atoms with van der Waals surface area (Å²) in [5, 5.41) is 7.03. The molecule has 7 heteroatoms. The number of nitrogens with one attached hydrogen (secondary N) is 2. The summed E-state index contributed by atoms with van der Waals surface area (Å²) in [6.45, 7) is 2.53. The van der Waals surface area contributed by atoms with E-state index in [4.69, 9.17) is 4.98 Å². The maximum Gasteiger partial charge on any atom is 0.252 e. The average molecular weight is 493 g/mol. The lowest BCUT2D eigenvalue weighted by molar-refractivity contribution is 0.0962. The van der Waals surface area contributed by atoms with Crippen molar-refractivity contribution in [3.8, 4) is 11.1 Å². The van der Waals surface area contributed by atoms with Crippen LogP contribution in [0, 0.1) is 0 Å². The number of hydrogen-bond donors (Lipinski definition) is 2. The van der Waals surface area contributed by atoms with Crippen LogP contribution in [0.5, 0.6) is 0 Å². The monoisotopic (exact) mass is 492 g/mol. The van der Waals surface area contributed by atoms with Gasteiger partial charge in [-0.25, -0.2) is 9.97 Å². The first kappa shape index (κ1) is 23.6. The zero-order valence-corrected chi connectivity index (χ0v) is 21.2. The van der Waals surface area contributed by atoms with Crippen LogP contribution in [0.4, 0.5) is 11.6 Å². The lowest BCUT2D eigenvalue weighted by Crippen LogP contribution is -2.32. The Morgan fingerprint density at radius 1 is 0.973 bits per heavy atom. The minimum atomic E-state index is -0.165. The summed E-state index contributed by atoms with van der Waals surface area (Å²) in [6.07, 6.45) is 12.6. The number of aryl methyl sites for hydroxylation is 2. The summed E-state index contributed by atoms with van der Waals surface area (Å²) >= 11 is 0. The number of likely N-dealkylation sites (tertiary alicyclic amines) is 1. The molecule has 4 aromatic rings. The van der Waals surface area contributed by atoms with E-state index in [-0.39, 0.29) is 5.91 Å². The van der Waals surface area contributed by atoms with Crippen molar-refractivity contribution < 1.29 is 4.79 Å². The van der Waals surface area contributed by atoms with E-state index in [1.165, 1.54) is 49.9 Å². The van der Waals surface area contributed by atoms with Gasteiger partial charge in [-0.2, -0.15) is 0 Å². The second kappa shape index (κ2) is 10.3. The molecule has 1 saturated heterocycles. The number of pyridine rings is 1. The van der Waals surface area contributed by atoms with Crippen molar-refractivity contribution in [3.63, 3.8) is 0 Å². The van der Waals surface area contributed by atoms with E-state index in [0.29, 0.717) is 17.6 Å². The Labute approximate surface area is 217 Å². The number of benzene rings is 2. The Bertz CT molecular complexity index is 1450. The average Bonchev–Trinajstić information content (AvgIpc) is 3.40. The predicted molar refractivity (Wildman–Crippen MR) is 147 cm³/mol. The lowest BCUT2D eigenvalue weighted by atomic mass is 10.0.